The van der Waals surface area contributed by atoms with Gasteiger partial charge in [-0.2, -0.15) is 0 Å². The smallest absolute Gasteiger partial charge is 0.266 e. The molecule has 1 aromatic rings. The van der Waals surface area contributed by atoms with Crippen LogP contribution < -0.4 is 16.4 Å². The van der Waals surface area contributed by atoms with Gasteiger partial charge in [-0.1, -0.05) is 0 Å². The van der Waals surface area contributed by atoms with E-state index in [1.54, 1.807) is 19.0 Å². The molecule has 0 spiro atoms. The second kappa shape index (κ2) is 8.05. The molecular weight excluding hydrogens is 354 g/mol. The summed E-state index contributed by atoms with van der Waals surface area (Å²) < 4.78 is 5.81. The fourth-order valence-corrected chi connectivity index (χ4v) is 3.59. The molecule has 148 valence electrons. The third-order valence-electron chi connectivity index (χ3n) is 5.00. The zero-order valence-corrected chi connectivity index (χ0v) is 15.5. The summed E-state index contributed by atoms with van der Waals surface area (Å²) in [5, 5.41) is 7.31. The van der Waals surface area contributed by atoms with Crippen molar-refractivity contribution in [2.45, 2.75) is 37.5 Å². The first-order valence-corrected chi connectivity index (χ1v) is 8.98. The molecule has 3 rings (SSSR count). The number of aromatic amines is 2. The molecule has 0 aliphatic carbocycles. The molecule has 0 radical (unpaired) electrons. The third-order valence-corrected chi connectivity index (χ3v) is 5.00. The molecule has 10 nitrogen and oxygen atoms in total. The lowest BCUT2D eigenvalue weighted by Crippen LogP contribution is -2.47. The summed E-state index contributed by atoms with van der Waals surface area (Å²) in [5.74, 6) is -0.262. The van der Waals surface area contributed by atoms with Crippen LogP contribution >= 0.6 is 0 Å². The van der Waals surface area contributed by atoms with Crippen molar-refractivity contribution in [1.82, 2.24) is 25.3 Å². The van der Waals surface area contributed by atoms with E-state index in [0.717, 1.165) is 12.5 Å². The SMILES string of the molecule is CN(C)C(=O)C[C@H]1CN2C[C@H](NC(=O)Cc3cc(=O)[nH][nH]c3=O)C[C@H]2CO1. The van der Waals surface area contributed by atoms with Crippen LogP contribution in [0.3, 0.4) is 0 Å². The molecule has 0 bridgehead atoms. The van der Waals surface area contributed by atoms with Crippen molar-refractivity contribution in [2.24, 2.45) is 0 Å². The van der Waals surface area contributed by atoms with Gasteiger partial charge >= 0.3 is 0 Å². The van der Waals surface area contributed by atoms with E-state index in [1.807, 2.05) is 0 Å². The van der Waals surface area contributed by atoms with Gasteiger partial charge in [0, 0.05) is 50.9 Å². The molecule has 3 N–H and O–H groups in total. The molecule has 1 aromatic heterocycles. The Morgan fingerprint density at radius 2 is 2.07 bits per heavy atom. The van der Waals surface area contributed by atoms with Crippen LogP contribution in [0.1, 0.15) is 18.4 Å². The third kappa shape index (κ3) is 4.83. The van der Waals surface area contributed by atoms with E-state index in [1.165, 1.54) is 0 Å². The fraction of sp³-hybridized carbons (Fsp3) is 0.647. The highest BCUT2D eigenvalue weighted by Gasteiger charge is 2.38. The number of amides is 2. The van der Waals surface area contributed by atoms with Crippen LogP contribution in [0.5, 0.6) is 0 Å². The van der Waals surface area contributed by atoms with Crippen molar-refractivity contribution in [3.63, 3.8) is 0 Å². The zero-order valence-electron chi connectivity index (χ0n) is 15.5. The van der Waals surface area contributed by atoms with Gasteiger partial charge in [-0.25, -0.2) is 0 Å². The quantitative estimate of drug-likeness (QED) is 0.545. The summed E-state index contributed by atoms with van der Waals surface area (Å²) >= 11 is 0. The van der Waals surface area contributed by atoms with Gasteiger partial charge in [-0.05, 0) is 6.42 Å². The summed E-state index contributed by atoms with van der Waals surface area (Å²) in [6.45, 7) is 1.87. The van der Waals surface area contributed by atoms with E-state index in [2.05, 4.69) is 20.4 Å². The topological polar surface area (TPSA) is 128 Å². The van der Waals surface area contributed by atoms with Crippen molar-refractivity contribution in [3.8, 4) is 0 Å². The van der Waals surface area contributed by atoms with E-state index in [-0.39, 0.29) is 42.0 Å². The van der Waals surface area contributed by atoms with Gasteiger partial charge in [-0.3, -0.25) is 34.3 Å². The van der Waals surface area contributed by atoms with Gasteiger partial charge in [0.25, 0.3) is 11.1 Å². The second-order valence-electron chi connectivity index (χ2n) is 7.35. The van der Waals surface area contributed by atoms with Gasteiger partial charge in [0.2, 0.25) is 11.8 Å². The summed E-state index contributed by atoms with van der Waals surface area (Å²) in [4.78, 5) is 50.8. The van der Waals surface area contributed by atoms with E-state index in [4.69, 9.17) is 4.74 Å². The lowest BCUT2D eigenvalue weighted by Gasteiger charge is -2.35. The van der Waals surface area contributed by atoms with Crippen LogP contribution in [0.4, 0.5) is 0 Å². The summed E-state index contributed by atoms with van der Waals surface area (Å²) in [6, 6.07) is 1.30. The number of hydrogen-bond donors (Lipinski definition) is 3. The molecule has 0 aromatic carbocycles. The number of hydrogen-bond acceptors (Lipinski definition) is 6. The highest BCUT2D eigenvalue weighted by atomic mass is 16.5. The number of carbonyl (C=O) groups excluding carboxylic acids is 2. The average Bonchev–Trinajstić information content (AvgIpc) is 2.99. The molecule has 2 amide bonds. The van der Waals surface area contributed by atoms with Crippen molar-refractivity contribution < 1.29 is 14.3 Å². The molecular formula is C17H25N5O5. The Morgan fingerprint density at radius 1 is 1.30 bits per heavy atom. The number of H-pyrrole nitrogens is 2. The van der Waals surface area contributed by atoms with Crippen LogP contribution in [0, 0.1) is 0 Å². The standard InChI is InChI=1S/C17H25N5O5/c1-21(2)16(25)6-13-8-22-7-11(5-12(22)9-27-13)18-14(23)3-10-4-15(24)19-20-17(10)26/h4,11-13H,3,5-9H2,1-2H3,(H,18,23)(H,19,24)(H,20,26)/t11-,12+,13+/m1/s1. The summed E-state index contributed by atoms with van der Waals surface area (Å²) in [5.41, 5.74) is -0.793. The fourth-order valence-electron chi connectivity index (χ4n) is 3.59. The Balaban J connectivity index is 1.51. The Hall–Kier alpha value is -2.46. The van der Waals surface area contributed by atoms with Crippen LogP contribution in [0.25, 0.3) is 0 Å². The molecule has 10 heteroatoms. The molecule has 2 fully saturated rings. The molecule has 2 aliphatic heterocycles. The van der Waals surface area contributed by atoms with Crippen molar-refractivity contribution in [2.75, 3.05) is 33.8 Å². The first-order chi connectivity index (χ1) is 12.8. The number of carbonyl (C=O) groups is 2. The molecule has 27 heavy (non-hydrogen) atoms. The number of nitrogens with one attached hydrogen (secondary N) is 3. The van der Waals surface area contributed by atoms with E-state index in [0.29, 0.717) is 26.1 Å². The minimum Gasteiger partial charge on any atom is -0.375 e. The molecule has 0 saturated carbocycles. The van der Waals surface area contributed by atoms with E-state index >= 15 is 0 Å². The van der Waals surface area contributed by atoms with E-state index < -0.39 is 11.1 Å². The number of ether oxygens (including phenoxy) is 1. The number of morpholine rings is 1. The Labute approximate surface area is 155 Å². The van der Waals surface area contributed by atoms with Gasteiger partial charge in [0.05, 0.1) is 25.6 Å². The maximum Gasteiger partial charge on any atom is 0.266 e. The predicted octanol–water partition coefficient (Wildman–Crippen LogP) is -1.96. The summed E-state index contributed by atoms with van der Waals surface area (Å²) in [6.07, 6.45) is 0.821. The number of rotatable bonds is 5. The number of nitrogens with zero attached hydrogens (tertiary/aromatic N) is 2. The van der Waals surface area contributed by atoms with Gasteiger partial charge < -0.3 is 15.0 Å². The molecule has 3 heterocycles. The minimum atomic E-state index is -0.476. The highest BCUT2D eigenvalue weighted by Crippen LogP contribution is 2.24. The Kier molecular flexibility index (Phi) is 5.76. The Bertz CT molecular complexity index is 816. The van der Waals surface area contributed by atoms with Crippen LogP contribution in [-0.4, -0.2) is 83.8 Å². The maximum atomic E-state index is 12.2. The van der Waals surface area contributed by atoms with Crippen molar-refractivity contribution >= 4 is 11.8 Å². The average molecular weight is 379 g/mol. The highest BCUT2D eigenvalue weighted by molar-refractivity contribution is 5.78. The summed E-state index contributed by atoms with van der Waals surface area (Å²) in [7, 11) is 3.45. The number of fused-ring (bicyclic) bond motifs is 1. The second-order valence-corrected chi connectivity index (χ2v) is 7.35. The minimum absolute atomic E-state index is 0.0329. The molecule has 3 atom stereocenters. The monoisotopic (exact) mass is 379 g/mol. The van der Waals surface area contributed by atoms with Gasteiger partial charge in [0.1, 0.15) is 0 Å². The lowest BCUT2D eigenvalue weighted by molar-refractivity contribution is -0.134. The van der Waals surface area contributed by atoms with Crippen LogP contribution in [0.15, 0.2) is 15.7 Å². The predicted molar refractivity (Wildman–Crippen MR) is 96.3 cm³/mol. The maximum absolute atomic E-state index is 12.2. The first kappa shape index (κ1) is 19.3. The molecule has 2 aliphatic rings. The van der Waals surface area contributed by atoms with E-state index in [9.17, 15) is 19.2 Å². The Morgan fingerprint density at radius 3 is 2.81 bits per heavy atom. The van der Waals surface area contributed by atoms with Crippen LogP contribution in [0.2, 0.25) is 0 Å². The normalized spacial score (nSPS) is 25.0. The van der Waals surface area contributed by atoms with Gasteiger partial charge in [-0.15, -0.1) is 0 Å². The zero-order chi connectivity index (χ0) is 19.6. The lowest BCUT2D eigenvalue weighted by atomic mass is 10.1. The first-order valence-electron chi connectivity index (χ1n) is 8.98. The van der Waals surface area contributed by atoms with Crippen molar-refractivity contribution in [3.05, 3.63) is 32.3 Å². The molecule has 2 saturated heterocycles. The van der Waals surface area contributed by atoms with Crippen LogP contribution in [-0.2, 0) is 20.7 Å². The van der Waals surface area contributed by atoms with Crippen molar-refractivity contribution in [1.29, 1.82) is 0 Å². The largest absolute Gasteiger partial charge is 0.375 e. The molecule has 0 unspecified atom stereocenters. The number of aromatic nitrogens is 2. The van der Waals surface area contributed by atoms with Gasteiger partial charge in [0.15, 0.2) is 0 Å².